The molecule has 3 aromatic rings. The van der Waals surface area contributed by atoms with Crippen LogP contribution in [-0.2, 0) is 0 Å². The largest absolute Gasteiger partial charge is 0.495 e. The molecule has 0 unspecified atom stereocenters. The lowest BCUT2D eigenvalue weighted by Gasteiger charge is -2.06. The molecule has 19 heavy (non-hydrogen) atoms. The van der Waals surface area contributed by atoms with E-state index in [9.17, 15) is 0 Å². The Morgan fingerprint density at radius 3 is 2.79 bits per heavy atom. The smallest absolute Gasteiger partial charge is 0.144 e. The minimum Gasteiger partial charge on any atom is -0.495 e. The molecule has 0 spiro atoms. The molecule has 2 N–H and O–H groups in total. The molecule has 0 fully saturated rings. The summed E-state index contributed by atoms with van der Waals surface area (Å²) in [4.78, 5) is 4.62. The summed E-state index contributed by atoms with van der Waals surface area (Å²) in [5.41, 5.74) is 9.66. The van der Waals surface area contributed by atoms with Crippen LogP contribution >= 0.6 is 0 Å². The van der Waals surface area contributed by atoms with Crippen LogP contribution in [-0.4, -0.2) is 16.5 Å². The predicted molar refractivity (Wildman–Crippen MR) is 76.3 cm³/mol. The molecule has 0 atom stereocenters. The van der Waals surface area contributed by atoms with Crippen molar-refractivity contribution in [2.24, 2.45) is 0 Å². The van der Waals surface area contributed by atoms with E-state index < -0.39 is 0 Å². The maximum Gasteiger partial charge on any atom is 0.144 e. The van der Waals surface area contributed by atoms with Crippen molar-refractivity contribution < 1.29 is 4.74 Å². The Morgan fingerprint density at radius 2 is 2.05 bits per heavy atom. The highest BCUT2D eigenvalue weighted by molar-refractivity contribution is 5.70. The molecule has 1 aromatic carbocycles. The van der Waals surface area contributed by atoms with Crippen LogP contribution < -0.4 is 10.5 Å². The fourth-order valence-electron chi connectivity index (χ4n) is 2.27. The minimum atomic E-state index is 0.616. The van der Waals surface area contributed by atoms with Crippen molar-refractivity contribution in [1.29, 1.82) is 0 Å². The van der Waals surface area contributed by atoms with Crippen molar-refractivity contribution >= 4 is 11.2 Å². The normalized spacial score (nSPS) is 10.8. The Hall–Kier alpha value is -2.49. The molecule has 0 radical (unpaired) electrons. The van der Waals surface area contributed by atoms with Gasteiger partial charge in [-0.25, -0.2) is 4.98 Å². The third-order valence-electron chi connectivity index (χ3n) is 3.22. The highest BCUT2D eigenvalue weighted by Gasteiger charge is 2.10. The number of pyridine rings is 1. The van der Waals surface area contributed by atoms with Crippen molar-refractivity contribution in [3.05, 3.63) is 48.3 Å². The number of fused-ring (bicyclic) bond motifs is 1. The molecule has 96 valence electrons. The highest BCUT2D eigenvalue weighted by atomic mass is 16.5. The van der Waals surface area contributed by atoms with E-state index >= 15 is 0 Å². The quantitative estimate of drug-likeness (QED) is 0.714. The molecule has 0 amide bonds. The van der Waals surface area contributed by atoms with Gasteiger partial charge in [0.15, 0.2) is 0 Å². The van der Waals surface area contributed by atoms with E-state index in [0.717, 1.165) is 22.6 Å². The molecule has 0 saturated heterocycles. The van der Waals surface area contributed by atoms with E-state index in [-0.39, 0.29) is 0 Å². The maximum absolute atomic E-state index is 5.96. The third kappa shape index (κ3) is 1.81. The number of methoxy groups -OCH3 is 1. The first-order chi connectivity index (χ1) is 9.20. The number of hydrogen-bond acceptors (Lipinski definition) is 3. The van der Waals surface area contributed by atoms with E-state index in [1.165, 1.54) is 0 Å². The summed E-state index contributed by atoms with van der Waals surface area (Å²) in [6, 6.07) is 11.8. The number of aromatic nitrogens is 2. The van der Waals surface area contributed by atoms with Gasteiger partial charge in [-0.15, -0.1) is 0 Å². The maximum atomic E-state index is 5.96. The molecule has 2 aromatic heterocycles. The summed E-state index contributed by atoms with van der Waals surface area (Å²) in [7, 11) is 1.61. The molecule has 0 aliphatic heterocycles. The van der Waals surface area contributed by atoms with E-state index in [1.807, 2.05) is 43.5 Å². The Balaban J connectivity index is 2.22. The molecule has 3 rings (SSSR count). The number of hydrogen-bond donors (Lipinski definition) is 1. The number of anilines is 1. The van der Waals surface area contributed by atoms with Crippen molar-refractivity contribution in [2.75, 3.05) is 12.8 Å². The summed E-state index contributed by atoms with van der Waals surface area (Å²) in [6.45, 7) is 2.01. The van der Waals surface area contributed by atoms with Crippen LogP contribution in [0.3, 0.4) is 0 Å². The lowest BCUT2D eigenvalue weighted by Crippen LogP contribution is -1.94. The van der Waals surface area contributed by atoms with Gasteiger partial charge in [0.2, 0.25) is 0 Å². The predicted octanol–water partition coefficient (Wildman–Crippen LogP) is 2.90. The lowest BCUT2D eigenvalue weighted by molar-refractivity contribution is 0.417. The van der Waals surface area contributed by atoms with Crippen molar-refractivity contribution in [1.82, 2.24) is 9.38 Å². The first-order valence-corrected chi connectivity index (χ1v) is 6.08. The summed E-state index contributed by atoms with van der Waals surface area (Å²) < 4.78 is 7.24. The molecule has 2 heterocycles. The molecular formula is C15H15N3O. The van der Waals surface area contributed by atoms with Gasteiger partial charge >= 0.3 is 0 Å². The van der Waals surface area contributed by atoms with Crippen molar-refractivity contribution in [3.8, 4) is 17.1 Å². The standard InChI is InChI=1S/C15H15N3O/c1-10-13-5-3-4-8-18(13)15(17-10)11-6-7-14(19-2)12(16)9-11/h3-9H,16H2,1-2H3. The third-order valence-corrected chi connectivity index (χ3v) is 3.22. The van der Waals surface area contributed by atoms with Gasteiger partial charge in [0.1, 0.15) is 11.6 Å². The van der Waals surface area contributed by atoms with Crippen LogP contribution in [0.15, 0.2) is 42.6 Å². The number of ether oxygens (including phenoxy) is 1. The number of aryl methyl sites for hydroxylation is 1. The molecule has 0 aliphatic carbocycles. The van der Waals surface area contributed by atoms with E-state index in [4.69, 9.17) is 10.5 Å². The summed E-state index contributed by atoms with van der Waals surface area (Å²) in [5.74, 6) is 1.57. The van der Waals surface area contributed by atoms with Crippen LogP contribution in [0.5, 0.6) is 5.75 Å². The second-order valence-corrected chi connectivity index (χ2v) is 4.43. The first kappa shape index (κ1) is 11.6. The van der Waals surface area contributed by atoms with Gasteiger partial charge in [-0.1, -0.05) is 6.07 Å². The van der Waals surface area contributed by atoms with Crippen molar-refractivity contribution in [3.63, 3.8) is 0 Å². The SMILES string of the molecule is COc1ccc(-c2nc(C)c3ccccn23)cc1N. The summed E-state index contributed by atoms with van der Waals surface area (Å²) >= 11 is 0. The zero-order valence-electron chi connectivity index (χ0n) is 10.9. The topological polar surface area (TPSA) is 52.5 Å². The number of nitrogen functional groups attached to an aromatic ring is 1. The van der Waals surface area contributed by atoms with Crippen LogP contribution in [0.2, 0.25) is 0 Å². The second kappa shape index (κ2) is 4.31. The Morgan fingerprint density at radius 1 is 1.21 bits per heavy atom. The van der Waals surface area contributed by atoms with Gasteiger partial charge in [-0.2, -0.15) is 0 Å². The number of rotatable bonds is 2. The van der Waals surface area contributed by atoms with Gasteiger partial charge in [-0.3, -0.25) is 4.40 Å². The number of imidazole rings is 1. The van der Waals surface area contributed by atoms with Crippen LogP contribution in [0.4, 0.5) is 5.69 Å². The average molecular weight is 253 g/mol. The number of nitrogens with zero attached hydrogens (tertiary/aromatic N) is 2. The molecule has 0 aliphatic rings. The Labute approximate surface area is 111 Å². The van der Waals surface area contributed by atoms with E-state index in [1.54, 1.807) is 7.11 Å². The lowest BCUT2D eigenvalue weighted by atomic mass is 10.2. The average Bonchev–Trinajstić information content (AvgIpc) is 2.77. The molecule has 0 bridgehead atoms. The highest BCUT2D eigenvalue weighted by Crippen LogP contribution is 2.29. The Bertz CT molecular complexity index is 746. The zero-order chi connectivity index (χ0) is 13.4. The first-order valence-electron chi connectivity index (χ1n) is 6.08. The molecule has 4 heteroatoms. The fraction of sp³-hybridized carbons (Fsp3) is 0.133. The Kier molecular flexibility index (Phi) is 2.63. The van der Waals surface area contributed by atoms with Gasteiger partial charge in [0.05, 0.1) is 24.0 Å². The number of benzene rings is 1. The minimum absolute atomic E-state index is 0.616. The van der Waals surface area contributed by atoms with Crippen LogP contribution in [0.1, 0.15) is 5.69 Å². The van der Waals surface area contributed by atoms with Gasteiger partial charge < -0.3 is 10.5 Å². The fourth-order valence-corrected chi connectivity index (χ4v) is 2.27. The van der Waals surface area contributed by atoms with Crippen LogP contribution in [0, 0.1) is 6.92 Å². The number of nitrogens with two attached hydrogens (primary N) is 1. The van der Waals surface area contributed by atoms with Crippen LogP contribution in [0.25, 0.3) is 16.9 Å². The molecular weight excluding hydrogens is 238 g/mol. The van der Waals surface area contributed by atoms with Gasteiger partial charge in [0, 0.05) is 11.8 Å². The van der Waals surface area contributed by atoms with Gasteiger partial charge in [-0.05, 0) is 37.3 Å². The molecule has 4 nitrogen and oxygen atoms in total. The monoisotopic (exact) mass is 253 g/mol. The van der Waals surface area contributed by atoms with Gasteiger partial charge in [0.25, 0.3) is 0 Å². The van der Waals surface area contributed by atoms with E-state index in [2.05, 4.69) is 15.5 Å². The summed E-state index contributed by atoms with van der Waals surface area (Å²) in [6.07, 6.45) is 2.01. The van der Waals surface area contributed by atoms with Crippen molar-refractivity contribution in [2.45, 2.75) is 6.92 Å². The molecule has 0 saturated carbocycles. The second-order valence-electron chi connectivity index (χ2n) is 4.43. The van der Waals surface area contributed by atoms with E-state index in [0.29, 0.717) is 11.4 Å². The summed E-state index contributed by atoms with van der Waals surface area (Å²) in [5, 5.41) is 0. The zero-order valence-corrected chi connectivity index (χ0v) is 10.9.